The monoisotopic (exact) mass is 493 g/mol. The van der Waals surface area contributed by atoms with Crippen molar-refractivity contribution in [2.24, 2.45) is 0 Å². The van der Waals surface area contributed by atoms with Crippen LogP contribution in [0.25, 0.3) is 22.0 Å². The number of hydrogen-bond donors (Lipinski definition) is 1. The molecule has 3 aromatic carbocycles. The van der Waals surface area contributed by atoms with Crippen LogP contribution in [0.1, 0.15) is 24.2 Å². The standard InChI is InChI=1S/C27H21Cl2NO4/c1-15(2)33-26(27(31)32)24-16(3)14-22-21(25(24)17-4-6-18(28)7-5-17)12-13-23(30-22)34-20-10-8-19(29)9-11-20/h4-14,26H,1H2,2-3H3,(H,31,32)/t26-/m0/s1. The van der Waals surface area contributed by atoms with E-state index in [4.69, 9.17) is 32.7 Å². The predicted octanol–water partition coefficient (Wildman–Crippen LogP) is 7.99. The number of carboxylic acids is 1. The van der Waals surface area contributed by atoms with E-state index in [1.807, 2.05) is 31.2 Å². The van der Waals surface area contributed by atoms with Gasteiger partial charge in [-0.1, -0.05) is 41.9 Å². The smallest absolute Gasteiger partial charge is 0.349 e. The zero-order valence-electron chi connectivity index (χ0n) is 18.5. The molecule has 1 atom stereocenters. The molecule has 4 aromatic rings. The number of hydrogen-bond acceptors (Lipinski definition) is 4. The molecule has 0 bridgehead atoms. The van der Waals surface area contributed by atoms with Crippen LogP contribution in [0, 0.1) is 6.92 Å². The highest BCUT2D eigenvalue weighted by molar-refractivity contribution is 6.30. The van der Waals surface area contributed by atoms with Crippen molar-refractivity contribution in [2.75, 3.05) is 0 Å². The minimum absolute atomic E-state index is 0.304. The van der Waals surface area contributed by atoms with Crippen molar-refractivity contribution in [3.8, 4) is 22.8 Å². The highest BCUT2D eigenvalue weighted by atomic mass is 35.5. The predicted molar refractivity (Wildman–Crippen MR) is 135 cm³/mol. The molecule has 1 heterocycles. The summed E-state index contributed by atoms with van der Waals surface area (Å²) in [5.74, 6) is 0.190. The summed E-state index contributed by atoms with van der Waals surface area (Å²) < 4.78 is 11.5. The number of pyridine rings is 1. The van der Waals surface area contributed by atoms with E-state index in [2.05, 4.69) is 11.6 Å². The van der Waals surface area contributed by atoms with Crippen molar-refractivity contribution >= 4 is 40.1 Å². The third kappa shape index (κ3) is 5.01. The average molecular weight is 494 g/mol. The van der Waals surface area contributed by atoms with Gasteiger partial charge >= 0.3 is 5.97 Å². The Kier molecular flexibility index (Phi) is 6.77. The van der Waals surface area contributed by atoms with Gasteiger partial charge in [-0.05, 0) is 79.1 Å². The summed E-state index contributed by atoms with van der Waals surface area (Å²) in [5.41, 5.74) is 3.38. The fourth-order valence-electron chi connectivity index (χ4n) is 3.78. The van der Waals surface area contributed by atoms with Gasteiger partial charge in [-0.2, -0.15) is 0 Å². The van der Waals surface area contributed by atoms with E-state index in [-0.39, 0.29) is 0 Å². The van der Waals surface area contributed by atoms with Crippen LogP contribution in [-0.2, 0) is 9.53 Å². The molecule has 1 N–H and O–H groups in total. The Morgan fingerprint density at radius 2 is 1.62 bits per heavy atom. The van der Waals surface area contributed by atoms with Crippen LogP contribution in [0.2, 0.25) is 10.0 Å². The summed E-state index contributed by atoms with van der Waals surface area (Å²) in [4.78, 5) is 16.9. The molecule has 0 aliphatic heterocycles. The third-order valence-corrected chi connectivity index (χ3v) is 5.69. The lowest BCUT2D eigenvalue weighted by atomic mass is 9.88. The second-order valence-electron chi connectivity index (χ2n) is 7.80. The van der Waals surface area contributed by atoms with E-state index in [0.29, 0.717) is 49.6 Å². The van der Waals surface area contributed by atoms with E-state index in [1.54, 1.807) is 49.4 Å². The number of rotatable bonds is 7. The number of allylic oxidation sites excluding steroid dienone is 1. The Bertz CT molecular complexity index is 1380. The fraction of sp³-hybridized carbons (Fsp3) is 0.111. The highest BCUT2D eigenvalue weighted by Crippen LogP contribution is 2.40. The normalized spacial score (nSPS) is 11.8. The number of carbonyl (C=O) groups is 1. The number of fused-ring (bicyclic) bond motifs is 1. The van der Waals surface area contributed by atoms with E-state index < -0.39 is 12.1 Å². The Morgan fingerprint density at radius 1 is 1.00 bits per heavy atom. The summed E-state index contributed by atoms with van der Waals surface area (Å²) in [6, 6.07) is 19.6. The summed E-state index contributed by atoms with van der Waals surface area (Å²) in [5, 5.41) is 11.9. The lowest BCUT2D eigenvalue weighted by Crippen LogP contribution is -2.17. The van der Waals surface area contributed by atoms with Crippen LogP contribution < -0.4 is 4.74 Å². The number of halogens is 2. The molecule has 7 heteroatoms. The first kappa shape index (κ1) is 23.6. The van der Waals surface area contributed by atoms with Crippen LogP contribution in [0.4, 0.5) is 0 Å². The van der Waals surface area contributed by atoms with Gasteiger partial charge in [0.15, 0.2) is 0 Å². The van der Waals surface area contributed by atoms with Gasteiger partial charge in [0.05, 0.1) is 11.3 Å². The number of aromatic nitrogens is 1. The topological polar surface area (TPSA) is 68.7 Å². The van der Waals surface area contributed by atoms with Crippen LogP contribution in [-0.4, -0.2) is 16.1 Å². The largest absolute Gasteiger partial charge is 0.479 e. The number of aryl methyl sites for hydroxylation is 1. The molecule has 4 rings (SSSR count). The minimum Gasteiger partial charge on any atom is -0.479 e. The first-order valence-electron chi connectivity index (χ1n) is 10.4. The lowest BCUT2D eigenvalue weighted by molar-refractivity contribution is -0.148. The van der Waals surface area contributed by atoms with Crippen LogP contribution in [0.3, 0.4) is 0 Å². The maximum Gasteiger partial charge on any atom is 0.349 e. The van der Waals surface area contributed by atoms with Crippen LogP contribution in [0.5, 0.6) is 11.6 Å². The molecule has 5 nitrogen and oxygen atoms in total. The van der Waals surface area contributed by atoms with Gasteiger partial charge in [0.25, 0.3) is 0 Å². The van der Waals surface area contributed by atoms with Gasteiger partial charge in [0, 0.05) is 27.1 Å². The van der Waals surface area contributed by atoms with Gasteiger partial charge in [0.1, 0.15) is 5.75 Å². The lowest BCUT2D eigenvalue weighted by Gasteiger charge is -2.23. The summed E-state index contributed by atoms with van der Waals surface area (Å²) in [6.45, 7) is 7.18. The Hall–Kier alpha value is -3.54. The van der Waals surface area contributed by atoms with Gasteiger partial charge < -0.3 is 14.6 Å². The van der Waals surface area contributed by atoms with Crippen molar-refractivity contribution in [1.82, 2.24) is 4.98 Å². The highest BCUT2D eigenvalue weighted by Gasteiger charge is 2.29. The van der Waals surface area contributed by atoms with Gasteiger partial charge in [0.2, 0.25) is 12.0 Å². The van der Waals surface area contributed by atoms with E-state index in [0.717, 1.165) is 10.9 Å². The molecule has 0 spiro atoms. The Labute approximate surface area is 207 Å². The summed E-state index contributed by atoms with van der Waals surface area (Å²) >= 11 is 12.1. The molecule has 172 valence electrons. The number of carboxylic acid groups (broad SMARTS) is 1. The van der Waals surface area contributed by atoms with Gasteiger partial charge in [-0.25, -0.2) is 9.78 Å². The van der Waals surface area contributed by atoms with Crippen molar-refractivity contribution in [2.45, 2.75) is 20.0 Å². The molecule has 0 saturated carbocycles. The molecule has 0 aliphatic carbocycles. The zero-order valence-corrected chi connectivity index (χ0v) is 20.0. The van der Waals surface area contributed by atoms with Crippen molar-refractivity contribution in [3.05, 3.63) is 100 Å². The summed E-state index contributed by atoms with van der Waals surface area (Å²) in [7, 11) is 0. The van der Waals surface area contributed by atoms with E-state index in [1.165, 1.54) is 0 Å². The fourth-order valence-corrected chi connectivity index (χ4v) is 4.03. The van der Waals surface area contributed by atoms with Crippen molar-refractivity contribution in [3.63, 3.8) is 0 Å². The molecular formula is C27H21Cl2NO4. The number of benzene rings is 3. The quantitative estimate of drug-likeness (QED) is 0.264. The third-order valence-electron chi connectivity index (χ3n) is 5.19. The second-order valence-corrected chi connectivity index (χ2v) is 8.67. The van der Waals surface area contributed by atoms with E-state index in [9.17, 15) is 9.90 Å². The van der Waals surface area contributed by atoms with Gasteiger partial charge in [-0.3, -0.25) is 0 Å². The van der Waals surface area contributed by atoms with Gasteiger partial charge in [-0.15, -0.1) is 0 Å². The summed E-state index contributed by atoms with van der Waals surface area (Å²) in [6.07, 6.45) is -1.24. The first-order valence-corrected chi connectivity index (χ1v) is 11.2. The molecule has 1 aromatic heterocycles. The average Bonchev–Trinajstić information content (AvgIpc) is 2.79. The second kappa shape index (κ2) is 9.75. The molecule has 34 heavy (non-hydrogen) atoms. The maximum absolute atomic E-state index is 12.2. The molecule has 0 saturated heterocycles. The SMILES string of the molecule is C=C(C)O[C@H](C(=O)O)c1c(C)cc2nc(Oc3ccc(Cl)cc3)ccc2c1-c1ccc(Cl)cc1. The Balaban J connectivity index is 1.92. The van der Waals surface area contributed by atoms with Crippen molar-refractivity contribution in [1.29, 1.82) is 0 Å². The molecule has 0 unspecified atom stereocenters. The van der Waals surface area contributed by atoms with Crippen LogP contribution >= 0.6 is 23.2 Å². The molecule has 0 radical (unpaired) electrons. The van der Waals surface area contributed by atoms with Crippen LogP contribution in [0.15, 0.2) is 79.1 Å². The number of ether oxygens (including phenoxy) is 2. The first-order chi connectivity index (χ1) is 16.2. The number of aliphatic carboxylic acids is 1. The number of nitrogens with zero attached hydrogens (tertiary/aromatic N) is 1. The molecule has 0 fully saturated rings. The zero-order chi connectivity index (χ0) is 24.4. The van der Waals surface area contributed by atoms with Crippen molar-refractivity contribution < 1.29 is 19.4 Å². The minimum atomic E-state index is -1.24. The molecular weight excluding hydrogens is 473 g/mol. The van der Waals surface area contributed by atoms with E-state index >= 15 is 0 Å². The Morgan fingerprint density at radius 3 is 2.21 bits per heavy atom. The maximum atomic E-state index is 12.2. The molecule has 0 amide bonds. The molecule has 0 aliphatic rings.